The Morgan fingerprint density at radius 2 is 2.38 bits per heavy atom. The molecule has 0 bridgehead atoms. The van der Waals surface area contributed by atoms with Crippen LogP contribution in [0.1, 0.15) is 19.4 Å². The molecule has 2 rings (SSSR count). The van der Waals surface area contributed by atoms with E-state index < -0.39 is 5.97 Å². The van der Waals surface area contributed by atoms with Crippen molar-refractivity contribution in [1.29, 1.82) is 0 Å². The van der Waals surface area contributed by atoms with Crippen molar-refractivity contribution >= 4 is 28.8 Å². The van der Waals surface area contributed by atoms with E-state index in [0.29, 0.717) is 5.16 Å². The topological polar surface area (TPSA) is 64.4 Å². The van der Waals surface area contributed by atoms with Crippen LogP contribution in [-0.2, 0) is 4.79 Å². The van der Waals surface area contributed by atoms with Gasteiger partial charge in [0.2, 0.25) is 0 Å². The third kappa shape index (κ3) is 3.39. The molecule has 1 aromatic heterocycles. The fraction of sp³-hybridized carbons (Fsp3) is 0.333. The highest BCUT2D eigenvalue weighted by molar-refractivity contribution is 7.99. The number of aliphatic carboxylic acids is 1. The van der Waals surface area contributed by atoms with E-state index in [0.717, 1.165) is 23.2 Å². The smallest absolute Gasteiger partial charge is 0.313 e. The summed E-state index contributed by atoms with van der Waals surface area (Å²) in [7, 11) is 1.61. The Morgan fingerprint density at radius 3 is 3.00 bits per heavy atom. The number of aromatic nitrogens is 2. The minimum Gasteiger partial charge on any atom is -0.497 e. The number of hydrogen-bond acceptors (Lipinski definition) is 4. The van der Waals surface area contributed by atoms with Crippen molar-refractivity contribution < 1.29 is 14.6 Å². The number of allylic oxidation sites excluding steroid dienone is 1. The van der Waals surface area contributed by atoms with Gasteiger partial charge in [0.05, 0.1) is 23.9 Å². The molecule has 0 aliphatic carbocycles. The van der Waals surface area contributed by atoms with Gasteiger partial charge in [0.15, 0.2) is 5.16 Å². The van der Waals surface area contributed by atoms with Crippen LogP contribution in [0.4, 0.5) is 0 Å². The van der Waals surface area contributed by atoms with Crippen LogP contribution in [0.5, 0.6) is 5.75 Å². The monoisotopic (exact) mass is 306 g/mol. The lowest BCUT2D eigenvalue weighted by Gasteiger charge is -2.15. The summed E-state index contributed by atoms with van der Waals surface area (Å²) < 4.78 is 7.27. The predicted octanol–water partition coefficient (Wildman–Crippen LogP) is 3.36. The third-order valence-electron chi connectivity index (χ3n) is 3.14. The molecule has 1 aromatic carbocycles. The summed E-state index contributed by atoms with van der Waals surface area (Å²) >= 11 is 1.23. The van der Waals surface area contributed by atoms with E-state index in [9.17, 15) is 4.79 Å². The van der Waals surface area contributed by atoms with Crippen LogP contribution in [0, 0.1) is 0 Å². The van der Waals surface area contributed by atoms with Crippen molar-refractivity contribution in [3.63, 3.8) is 0 Å². The minimum absolute atomic E-state index is 0.0126. The van der Waals surface area contributed by atoms with Gasteiger partial charge in [-0.3, -0.25) is 4.79 Å². The Hall–Kier alpha value is -1.95. The highest BCUT2D eigenvalue weighted by Crippen LogP contribution is 2.31. The van der Waals surface area contributed by atoms with Crippen LogP contribution in [0.2, 0.25) is 0 Å². The minimum atomic E-state index is -0.854. The summed E-state index contributed by atoms with van der Waals surface area (Å²) in [6.45, 7) is 5.83. The van der Waals surface area contributed by atoms with Crippen molar-refractivity contribution in [2.24, 2.45) is 0 Å². The number of benzene rings is 1. The summed E-state index contributed by atoms with van der Waals surface area (Å²) in [6, 6.07) is 5.85. The number of thioether (sulfide) groups is 1. The zero-order valence-corrected chi connectivity index (χ0v) is 12.9. The van der Waals surface area contributed by atoms with Crippen molar-refractivity contribution in [3.05, 3.63) is 30.9 Å². The zero-order valence-electron chi connectivity index (χ0n) is 12.1. The van der Waals surface area contributed by atoms with E-state index in [-0.39, 0.29) is 11.8 Å². The molecular weight excluding hydrogens is 288 g/mol. The molecule has 0 spiro atoms. The standard InChI is InChI=1S/C15H18N2O3S/c1-4-5-10(2)17-13-7-6-11(20-3)8-12(13)16-15(17)21-9-14(18)19/h4,6-8,10H,1,5,9H2,2-3H3,(H,18,19). The molecule has 1 N–H and O–H groups in total. The van der Waals surface area contributed by atoms with Crippen LogP contribution in [0.3, 0.4) is 0 Å². The van der Waals surface area contributed by atoms with Gasteiger partial charge in [0, 0.05) is 12.1 Å². The van der Waals surface area contributed by atoms with Crippen LogP contribution in [0.15, 0.2) is 36.0 Å². The highest BCUT2D eigenvalue weighted by atomic mass is 32.2. The second-order valence-corrected chi connectivity index (χ2v) is 5.62. The summed E-state index contributed by atoms with van der Waals surface area (Å²) in [6.07, 6.45) is 2.64. The fourth-order valence-corrected chi connectivity index (χ4v) is 3.02. The molecule has 1 heterocycles. The maximum absolute atomic E-state index is 10.8. The second kappa shape index (κ2) is 6.67. The number of carbonyl (C=O) groups is 1. The molecule has 0 saturated heterocycles. The number of nitrogens with zero attached hydrogens (tertiary/aromatic N) is 2. The first kappa shape index (κ1) is 15.4. The lowest BCUT2D eigenvalue weighted by atomic mass is 10.2. The number of hydrogen-bond donors (Lipinski definition) is 1. The molecule has 0 amide bonds. The molecule has 0 saturated carbocycles. The third-order valence-corrected chi connectivity index (χ3v) is 4.08. The number of carboxylic acid groups (broad SMARTS) is 1. The number of ether oxygens (including phenoxy) is 1. The lowest BCUT2D eigenvalue weighted by Crippen LogP contribution is -2.07. The molecule has 0 aliphatic rings. The molecule has 5 nitrogen and oxygen atoms in total. The maximum Gasteiger partial charge on any atom is 0.313 e. The van der Waals surface area contributed by atoms with Gasteiger partial charge >= 0.3 is 5.97 Å². The molecule has 1 atom stereocenters. The zero-order chi connectivity index (χ0) is 15.4. The van der Waals surface area contributed by atoms with E-state index in [4.69, 9.17) is 9.84 Å². The van der Waals surface area contributed by atoms with Crippen LogP contribution in [0.25, 0.3) is 11.0 Å². The van der Waals surface area contributed by atoms with E-state index in [1.54, 1.807) is 7.11 Å². The van der Waals surface area contributed by atoms with E-state index in [1.165, 1.54) is 11.8 Å². The molecule has 0 aliphatic heterocycles. The first-order valence-corrected chi connectivity index (χ1v) is 7.56. The summed E-state index contributed by atoms with van der Waals surface area (Å²) in [5, 5.41) is 9.57. The van der Waals surface area contributed by atoms with Crippen LogP contribution in [-0.4, -0.2) is 33.5 Å². The number of methoxy groups -OCH3 is 1. The fourth-order valence-electron chi connectivity index (χ4n) is 2.18. The predicted molar refractivity (Wildman–Crippen MR) is 84.2 cm³/mol. The molecule has 0 fully saturated rings. The van der Waals surface area contributed by atoms with Gasteiger partial charge in [-0.05, 0) is 25.5 Å². The highest BCUT2D eigenvalue weighted by Gasteiger charge is 2.17. The summed E-state index contributed by atoms with van der Waals surface area (Å²) in [5.41, 5.74) is 1.77. The van der Waals surface area contributed by atoms with E-state index >= 15 is 0 Å². The molecular formula is C15H18N2O3S. The Balaban J connectivity index is 2.50. The maximum atomic E-state index is 10.8. The first-order chi connectivity index (χ1) is 10.1. The molecule has 6 heteroatoms. The van der Waals surface area contributed by atoms with Gasteiger partial charge in [-0.15, -0.1) is 6.58 Å². The summed E-state index contributed by atoms with van der Waals surface area (Å²) in [4.78, 5) is 15.3. The van der Waals surface area contributed by atoms with Gasteiger partial charge in [-0.1, -0.05) is 17.8 Å². The first-order valence-electron chi connectivity index (χ1n) is 6.58. The molecule has 112 valence electrons. The average Bonchev–Trinajstić information content (AvgIpc) is 2.82. The largest absolute Gasteiger partial charge is 0.497 e. The van der Waals surface area contributed by atoms with E-state index in [2.05, 4.69) is 23.1 Å². The van der Waals surface area contributed by atoms with Crippen LogP contribution >= 0.6 is 11.8 Å². The Kier molecular flexibility index (Phi) is 4.90. The molecule has 2 aromatic rings. The molecule has 0 radical (unpaired) electrons. The molecule has 1 unspecified atom stereocenters. The van der Waals surface area contributed by atoms with Gasteiger partial charge in [0.1, 0.15) is 5.75 Å². The summed E-state index contributed by atoms with van der Waals surface area (Å²) in [5.74, 6) is -0.132. The normalized spacial score (nSPS) is 12.3. The van der Waals surface area contributed by atoms with Crippen molar-refractivity contribution in [3.8, 4) is 5.75 Å². The average molecular weight is 306 g/mol. The molecule has 21 heavy (non-hydrogen) atoms. The van der Waals surface area contributed by atoms with E-state index in [1.807, 2.05) is 24.3 Å². The van der Waals surface area contributed by atoms with Crippen LogP contribution < -0.4 is 4.74 Å². The Morgan fingerprint density at radius 1 is 1.62 bits per heavy atom. The Bertz CT molecular complexity index is 666. The van der Waals surface area contributed by atoms with Gasteiger partial charge in [-0.2, -0.15) is 0 Å². The van der Waals surface area contributed by atoms with Crippen molar-refractivity contribution in [2.75, 3.05) is 12.9 Å². The number of rotatable bonds is 7. The number of fused-ring (bicyclic) bond motifs is 1. The number of carboxylic acids is 1. The number of imidazole rings is 1. The van der Waals surface area contributed by atoms with Gasteiger partial charge < -0.3 is 14.4 Å². The van der Waals surface area contributed by atoms with Crippen molar-refractivity contribution in [2.45, 2.75) is 24.5 Å². The Labute approximate surface area is 127 Å². The lowest BCUT2D eigenvalue weighted by molar-refractivity contribution is -0.133. The quantitative estimate of drug-likeness (QED) is 0.627. The van der Waals surface area contributed by atoms with Crippen molar-refractivity contribution in [1.82, 2.24) is 9.55 Å². The second-order valence-electron chi connectivity index (χ2n) is 4.67. The SMILES string of the molecule is C=CCC(C)n1c(SCC(=O)O)nc2cc(OC)ccc21. The van der Waals surface area contributed by atoms with Gasteiger partial charge in [0.25, 0.3) is 0 Å². The van der Waals surface area contributed by atoms with Gasteiger partial charge in [-0.25, -0.2) is 4.98 Å².